The fraction of sp³-hybridized carbons (Fsp3) is 0.750. The molecule has 5 heteroatoms. The van der Waals surface area contributed by atoms with Crippen LogP contribution in [0.5, 0.6) is 0 Å². The van der Waals surface area contributed by atoms with E-state index >= 15 is 0 Å². The molecule has 0 heterocycles. The predicted octanol–water partition coefficient (Wildman–Crippen LogP) is 0.876. The number of nitrogens with zero attached hydrogens (tertiary/aromatic N) is 1. The molecule has 0 saturated heterocycles. The van der Waals surface area contributed by atoms with Gasteiger partial charge in [0.15, 0.2) is 0 Å². The molecule has 0 aliphatic heterocycles. The molecule has 0 unspecified atom stereocenters. The third-order valence-corrected chi connectivity index (χ3v) is 1.77. The van der Waals surface area contributed by atoms with Crippen LogP contribution in [0.25, 0.3) is 0 Å². The van der Waals surface area contributed by atoms with E-state index < -0.39 is 5.54 Å². The molecule has 4 nitrogen and oxygen atoms in total. The number of oxime groups is 1. The Bertz CT molecular complexity index is 193. The number of rotatable bonds is 5. The summed E-state index contributed by atoms with van der Waals surface area (Å²) in [7, 11) is 1.47. The molecule has 1 N–H and O–H groups in total. The van der Waals surface area contributed by atoms with E-state index in [9.17, 15) is 4.79 Å². The SMILES string of the molecule is CO/N=C/C(C)(C)NC(=O)CSC. The standard InChI is InChI=1S/C8H16N2O2S/c1-8(2,6-9-12-3)10-7(11)5-13-4/h6H,5H2,1-4H3,(H,10,11)/b9-6+. The summed E-state index contributed by atoms with van der Waals surface area (Å²) in [4.78, 5) is 15.7. The minimum Gasteiger partial charge on any atom is -0.399 e. The average Bonchev–Trinajstić information content (AvgIpc) is 2.00. The third-order valence-electron chi connectivity index (χ3n) is 1.22. The van der Waals surface area contributed by atoms with Gasteiger partial charge >= 0.3 is 0 Å². The van der Waals surface area contributed by atoms with Crippen molar-refractivity contribution in [1.29, 1.82) is 0 Å². The first kappa shape index (κ1) is 12.3. The summed E-state index contributed by atoms with van der Waals surface area (Å²) in [5.41, 5.74) is -0.456. The number of nitrogens with one attached hydrogen (secondary N) is 1. The van der Waals surface area contributed by atoms with Crippen molar-refractivity contribution >= 4 is 23.9 Å². The van der Waals surface area contributed by atoms with Crippen LogP contribution >= 0.6 is 11.8 Å². The minimum atomic E-state index is -0.456. The van der Waals surface area contributed by atoms with Crippen molar-refractivity contribution in [2.75, 3.05) is 19.1 Å². The van der Waals surface area contributed by atoms with E-state index in [1.165, 1.54) is 18.9 Å². The van der Waals surface area contributed by atoms with Gasteiger partial charge < -0.3 is 10.2 Å². The Hall–Kier alpha value is -0.710. The minimum absolute atomic E-state index is 0.0000491. The Morgan fingerprint density at radius 3 is 2.77 bits per heavy atom. The van der Waals surface area contributed by atoms with E-state index in [4.69, 9.17) is 0 Å². The largest absolute Gasteiger partial charge is 0.399 e. The summed E-state index contributed by atoms with van der Waals surface area (Å²) < 4.78 is 0. The summed E-state index contributed by atoms with van der Waals surface area (Å²) in [6.07, 6.45) is 3.45. The molecule has 0 aromatic rings. The highest BCUT2D eigenvalue weighted by Gasteiger charge is 2.17. The lowest BCUT2D eigenvalue weighted by molar-refractivity contribution is -0.119. The van der Waals surface area contributed by atoms with Crippen LogP contribution in [-0.4, -0.2) is 36.8 Å². The number of hydrogen-bond acceptors (Lipinski definition) is 4. The van der Waals surface area contributed by atoms with E-state index in [-0.39, 0.29) is 5.91 Å². The predicted molar refractivity (Wildman–Crippen MR) is 56.1 cm³/mol. The van der Waals surface area contributed by atoms with Crippen molar-refractivity contribution in [2.45, 2.75) is 19.4 Å². The van der Waals surface area contributed by atoms with Crippen LogP contribution < -0.4 is 5.32 Å². The summed E-state index contributed by atoms with van der Waals surface area (Å²) in [5, 5.41) is 6.41. The molecule has 0 radical (unpaired) electrons. The molecular weight excluding hydrogens is 188 g/mol. The van der Waals surface area contributed by atoms with Gasteiger partial charge in [-0.25, -0.2) is 0 Å². The smallest absolute Gasteiger partial charge is 0.230 e. The summed E-state index contributed by atoms with van der Waals surface area (Å²) in [6.45, 7) is 3.71. The van der Waals surface area contributed by atoms with Gasteiger partial charge in [-0.1, -0.05) is 5.16 Å². The summed E-state index contributed by atoms with van der Waals surface area (Å²) in [6, 6.07) is 0. The second-order valence-corrected chi connectivity index (χ2v) is 3.99. The Labute approximate surface area is 83.1 Å². The van der Waals surface area contributed by atoms with Crippen molar-refractivity contribution in [3.63, 3.8) is 0 Å². The Morgan fingerprint density at radius 1 is 1.69 bits per heavy atom. The molecule has 0 aromatic carbocycles. The molecule has 0 aliphatic rings. The van der Waals surface area contributed by atoms with Gasteiger partial charge in [-0.05, 0) is 20.1 Å². The van der Waals surface area contributed by atoms with Crippen molar-refractivity contribution < 1.29 is 9.63 Å². The molecule has 0 atom stereocenters. The van der Waals surface area contributed by atoms with Gasteiger partial charge in [-0.3, -0.25) is 4.79 Å². The Morgan fingerprint density at radius 2 is 2.31 bits per heavy atom. The molecule has 0 saturated carbocycles. The third kappa shape index (κ3) is 6.45. The lowest BCUT2D eigenvalue weighted by atomic mass is 10.1. The van der Waals surface area contributed by atoms with Crippen LogP contribution in [0, 0.1) is 0 Å². The van der Waals surface area contributed by atoms with Crippen LogP contribution in [0.3, 0.4) is 0 Å². The maximum Gasteiger partial charge on any atom is 0.230 e. The second kappa shape index (κ2) is 5.85. The summed E-state index contributed by atoms with van der Waals surface area (Å²) in [5.74, 6) is 0.463. The van der Waals surface area contributed by atoms with Gasteiger partial charge in [0.05, 0.1) is 17.5 Å². The first-order chi connectivity index (χ1) is 6.02. The van der Waals surface area contributed by atoms with Crippen LogP contribution in [-0.2, 0) is 9.63 Å². The molecule has 13 heavy (non-hydrogen) atoms. The Balaban J connectivity index is 4.00. The van der Waals surface area contributed by atoms with Crippen molar-refractivity contribution in [3.8, 4) is 0 Å². The fourth-order valence-electron chi connectivity index (χ4n) is 0.743. The van der Waals surface area contributed by atoms with Crippen molar-refractivity contribution in [3.05, 3.63) is 0 Å². The Kier molecular flexibility index (Phi) is 5.53. The number of carbonyl (C=O) groups is 1. The maximum atomic E-state index is 11.2. The topological polar surface area (TPSA) is 50.7 Å². The van der Waals surface area contributed by atoms with E-state index in [0.717, 1.165) is 0 Å². The maximum absolute atomic E-state index is 11.2. The van der Waals surface area contributed by atoms with Gasteiger partial charge in [-0.15, -0.1) is 0 Å². The van der Waals surface area contributed by atoms with Gasteiger partial charge in [0.2, 0.25) is 5.91 Å². The highest BCUT2D eigenvalue weighted by molar-refractivity contribution is 7.99. The second-order valence-electron chi connectivity index (χ2n) is 3.12. The highest BCUT2D eigenvalue weighted by Crippen LogP contribution is 1.99. The molecule has 0 fully saturated rings. The molecule has 0 aromatic heterocycles. The molecule has 76 valence electrons. The van der Waals surface area contributed by atoms with Gasteiger partial charge in [0.25, 0.3) is 0 Å². The normalized spacial score (nSPS) is 11.7. The zero-order chi connectivity index (χ0) is 10.3. The van der Waals surface area contributed by atoms with Gasteiger partial charge in [-0.2, -0.15) is 11.8 Å². The molecule has 1 amide bonds. The number of hydrogen-bond donors (Lipinski definition) is 1. The van der Waals surface area contributed by atoms with E-state index in [1.807, 2.05) is 20.1 Å². The monoisotopic (exact) mass is 204 g/mol. The molecule has 0 spiro atoms. The molecule has 0 aliphatic carbocycles. The zero-order valence-corrected chi connectivity index (χ0v) is 9.27. The number of carbonyl (C=O) groups excluding carboxylic acids is 1. The fourth-order valence-corrected chi connectivity index (χ4v) is 1.08. The van der Waals surface area contributed by atoms with Crippen LogP contribution in [0.4, 0.5) is 0 Å². The highest BCUT2D eigenvalue weighted by atomic mass is 32.2. The lowest BCUT2D eigenvalue weighted by Gasteiger charge is -2.20. The number of thioether (sulfide) groups is 1. The lowest BCUT2D eigenvalue weighted by Crippen LogP contribution is -2.45. The van der Waals surface area contributed by atoms with Gasteiger partial charge in [0.1, 0.15) is 7.11 Å². The van der Waals surface area contributed by atoms with E-state index in [1.54, 1.807) is 6.21 Å². The number of amides is 1. The van der Waals surface area contributed by atoms with Gasteiger partial charge in [0, 0.05) is 0 Å². The summed E-state index contributed by atoms with van der Waals surface area (Å²) >= 11 is 1.49. The van der Waals surface area contributed by atoms with E-state index in [2.05, 4.69) is 15.3 Å². The van der Waals surface area contributed by atoms with Crippen molar-refractivity contribution in [2.24, 2.45) is 5.16 Å². The molecule has 0 bridgehead atoms. The van der Waals surface area contributed by atoms with Crippen LogP contribution in [0.1, 0.15) is 13.8 Å². The van der Waals surface area contributed by atoms with Crippen LogP contribution in [0.2, 0.25) is 0 Å². The molecule has 0 rings (SSSR count). The average molecular weight is 204 g/mol. The van der Waals surface area contributed by atoms with E-state index in [0.29, 0.717) is 5.75 Å². The molecular formula is C8H16N2O2S. The zero-order valence-electron chi connectivity index (χ0n) is 8.46. The van der Waals surface area contributed by atoms with Crippen LogP contribution in [0.15, 0.2) is 5.16 Å². The quantitative estimate of drug-likeness (QED) is 0.534. The first-order valence-corrected chi connectivity index (χ1v) is 5.29. The first-order valence-electron chi connectivity index (χ1n) is 3.89. The van der Waals surface area contributed by atoms with Crippen molar-refractivity contribution in [1.82, 2.24) is 5.32 Å².